The van der Waals surface area contributed by atoms with Crippen LogP contribution in [0.3, 0.4) is 0 Å². The zero-order valence-electron chi connectivity index (χ0n) is 15.6. The average Bonchev–Trinajstić information content (AvgIpc) is 2.52. The minimum absolute atomic E-state index is 0.0218. The molecule has 0 spiro atoms. The first kappa shape index (κ1) is 20.8. The van der Waals surface area contributed by atoms with Gasteiger partial charge in [0.2, 0.25) is 0 Å². The molecule has 2 rings (SSSR count). The van der Waals surface area contributed by atoms with Crippen LogP contribution in [-0.2, 0) is 33.3 Å². The molecule has 0 radical (unpaired) electrons. The van der Waals surface area contributed by atoms with Crippen LogP contribution in [0.2, 0.25) is 0 Å². The molecule has 1 aromatic rings. The average molecular weight is 386 g/mol. The van der Waals surface area contributed by atoms with Crippen molar-refractivity contribution in [1.82, 2.24) is 0 Å². The summed E-state index contributed by atoms with van der Waals surface area (Å²) in [7, 11) is -3.85. The van der Waals surface area contributed by atoms with Gasteiger partial charge in [0.05, 0.1) is 30.1 Å². The predicted molar refractivity (Wildman–Crippen MR) is 94.0 cm³/mol. The monoisotopic (exact) mass is 386 g/mol. The fourth-order valence-corrected chi connectivity index (χ4v) is 3.36. The molecule has 26 heavy (non-hydrogen) atoms. The van der Waals surface area contributed by atoms with Crippen molar-refractivity contribution in [1.29, 1.82) is 0 Å². The summed E-state index contributed by atoms with van der Waals surface area (Å²) in [6, 6.07) is 6.41. The molecule has 1 fully saturated rings. The Morgan fingerprint density at radius 1 is 1.15 bits per heavy atom. The van der Waals surface area contributed by atoms with Crippen molar-refractivity contribution in [3.8, 4) is 0 Å². The van der Waals surface area contributed by atoms with Crippen molar-refractivity contribution in [3.63, 3.8) is 0 Å². The summed E-state index contributed by atoms with van der Waals surface area (Å²) in [5, 5.41) is 0. The van der Waals surface area contributed by atoms with E-state index in [1.165, 1.54) is 12.1 Å². The number of benzene rings is 1. The Morgan fingerprint density at radius 3 is 2.38 bits per heavy atom. The number of ether oxygens (including phenoxy) is 3. The minimum Gasteiger partial charge on any atom is -0.460 e. The maximum absolute atomic E-state index is 12.2. The highest BCUT2D eigenvalue weighted by Crippen LogP contribution is 2.21. The number of hydrogen-bond donors (Lipinski definition) is 0. The van der Waals surface area contributed by atoms with Crippen LogP contribution < -0.4 is 0 Å². The van der Waals surface area contributed by atoms with Crippen LogP contribution in [0.25, 0.3) is 0 Å². The predicted octanol–water partition coefficient (Wildman–Crippen LogP) is 2.56. The number of hydrogen-bond acceptors (Lipinski definition) is 7. The minimum atomic E-state index is -3.85. The molecule has 0 saturated carbocycles. The molecule has 1 saturated heterocycles. The molecule has 146 valence electrons. The highest BCUT2D eigenvalue weighted by atomic mass is 32.2. The van der Waals surface area contributed by atoms with Crippen LogP contribution in [0, 0.1) is 6.92 Å². The Kier molecular flexibility index (Phi) is 6.79. The van der Waals surface area contributed by atoms with Gasteiger partial charge in [-0.1, -0.05) is 17.7 Å². The summed E-state index contributed by atoms with van der Waals surface area (Å²) in [6.07, 6.45) is -0.435. The molecule has 1 aromatic carbocycles. The van der Waals surface area contributed by atoms with E-state index in [1.54, 1.807) is 32.9 Å². The van der Waals surface area contributed by atoms with E-state index in [0.717, 1.165) is 5.56 Å². The lowest BCUT2D eigenvalue weighted by atomic mass is 10.1. The van der Waals surface area contributed by atoms with Crippen molar-refractivity contribution in [2.24, 2.45) is 0 Å². The Balaban J connectivity index is 1.86. The maximum atomic E-state index is 12.2. The topological polar surface area (TPSA) is 88.1 Å². The van der Waals surface area contributed by atoms with E-state index in [0.29, 0.717) is 6.42 Å². The lowest BCUT2D eigenvalue weighted by Crippen LogP contribution is -2.37. The molecular formula is C18H26O7S. The Labute approximate surface area is 154 Å². The standard InChI is InChI=1S/C18H26O7S/c1-13-5-7-16(8-6-13)26(20,21)24-11-15-9-14(22-12-23-15)10-17(19)25-18(2,3)4/h5-8,14-15H,9-12H2,1-4H3. The molecule has 0 aliphatic carbocycles. The van der Waals surface area contributed by atoms with Gasteiger partial charge in [0.1, 0.15) is 12.4 Å². The molecule has 1 aliphatic rings. The molecule has 7 nitrogen and oxygen atoms in total. The molecule has 2 unspecified atom stereocenters. The van der Waals surface area contributed by atoms with Gasteiger partial charge in [-0.05, 0) is 39.8 Å². The Morgan fingerprint density at radius 2 is 1.77 bits per heavy atom. The number of rotatable bonds is 6. The first-order valence-corrected chi connectivity index (χ1v) is 9.87. The van der Waals surface area contributed by atoms with E-state index in [1.807, 2.05) is 6.92 Å². The van der Waals surface area contributed by atoms with E-state index >= 15 is 0 Å². The Bertz CT molecular complexity index is 704. The summed E-state index contributed by atoms with van der Waals surface area (Å²) in [5.74, 6) is -0.364. The first-order chi connectivity index (χ1) is 12.0. The van der Waals surface area contributed by atoms with Crippen LogP contribution in [0.5, 0.6) is 0 Å². The smallest absolute Gasteiger partial charge is 0.308 e. The second-order valence-corrected chi connectivity index (χ2v) is 8.89. The van der Waals surface area contributed by atoms with Crippen LogP contribution in [-0.4, -0.2) is 45.6 Å². The van der Waals surface area contributed by atoms with Gasteiger partial charge in [0.25, 0.3) is 10.1 Å². The summed E-state index contributed by atoms with van der Waals surface area (Å²) in [6.45, 7) is 7.10. The fraction of sp³-hybridized carbons (Fsp3) is 0.611. The summed E-state index contributed by atoms with van der Waals surface area (Å²) in [4.78, 5) is 12.0. The van der Waals surface area contributed by atoms with Gasteiger partial charge < -0.3 is 14.2 Å². The first-order valence-electron chi connectivity index (χ1n) is 8.46. The maximum Gasteiger partial charge on any atom is 0.308 e. The summed E-state index contributed by atoms with van der Waals surface area (Å²) >= 11 is 0. The van der Waals surface area contributed by atoms with Gasteiger partial charge in [0, 0.05) is 6.42 Å². The Hall–Kier alpha value is -1.48. The van der Waals surface area contributed by atoms with Gasteiger partial charge >= 0.3 is 5.97 Å². The molecule has 2 atom stereocenters. The molecule has 0 N–H and O–H groups in total. The van der Waals surface area contributed by atoms with Crippen molar-refractivity contribution >= 4 is 16.1 Å². The second-order valence-electron chi connectivity index (χ2n) is 7.27. The van der Waals surface area contributed by atoms with Crippen molar-refractivity contribution < 1.29 is 31.6 Å². The zero-order chi connectivity index (χ0) is 19.4. The van der Waals surface area contributed by atoms with Crippen LogP contribution >= 0.6 is 0 Å². The highest BCUT2D eigenvalue weighted by Gasteiger charge is 2.29. The largest absolute Gasteiger partial charge is 0.460 e. The summed E-state index contributed by atoms with van der Waals surface area (Å²) in [5.41, 5.74) is 0.397. The molecule has 8 heteroatoms. The van der Waals surface area contributed by atoms with E-state index in [9.17, 15) is 13.2 Å². The third-order valence-corrected chi connectivity index (χ3v) is 4.96. The van der Waals surface area contributed by atoms with E-state index in [-0.39, 0.29) is 30.7 Å². The third kappa shape index (κ3) is 6.68. The van der Waals surface area contributed by atoms with Gasteiger partial charge in [-0.3, -0.25) is 8.98 Å². The lowest BCUT2D eigenvalue weighted by molar-refractivity contribution is -0.191. The quantitative estimate of drug-likeness (QED) is 0.548. The van der Waals surface area contributed by atoms with Crippen LogP contribution in [0.15, 0.2) is 29.2 Å². The zero-order valence-corrected chi connectivity index (χ0v) is 16.4. The molecule has 0 bridgehead atoms. The van der Waals surface area contributed by atoms with E-state index in [4.69, 9.17) is 18.4 Å². The van der Waals surface area contributed by atoms with Crippen molar-refractivity contribution in [3.05, 3.63) is 29.8 Å². The van der Waals surface area contributed by atoms with Crippen LogP contribution in [0.1, 0.15) is 39.2 Å². The molecule has 1 aliphatic heterocycles. The number of carbonyl (C=O) groups excluding carboxylic acids is 1. The molecule has 0 aromatic heterocycles. The van der Waals surface area contributed by atoms with Gasteiger partial charge in [-0.2, -0.15) is 8.42 Å². The van der Waals surface area contributed by atoms with E-state index < -0.39 is 27.9 Å². The fourth-order valence-electron chi connectivity index (χ4n) is 2.43. The SMILES string of the molecule is Cc1ccc(S(=O)(=O)OCC2CC(CC(=O)OC(C)(C)C)OCO2)cc1. The van der Waals surface area contributed by atoms with E-state index in [2.05, 4.69) is 0 Å². The number of carbonyl (C=O) groups is 1. The molecule has 1 heterocycles. The molecule has 0 amide bonds. The molecular weight excluding hydrogens is 360 g/mol. The normalized spacial score (nSPS) is 21.4. The number of esters is 1. The van der Waals surface area contributed by atoms with Gasteiger partial charge in [0.15, 0.2) is 0 Å². The van der Waals surface area contributed by atoms with Crippen LogP contribution in [0.4, 0.5) is 0 Å². The van der Waals surface area contributed by atoms with Gasteiger partial charge in [-0.15, -0.1) is 0 Å². The van der Waals surface area contributed by atoms with Crippen molar-refractivity contribution in [2.45, 2.75) is 63.2 Å². The van der Waals surface area contributed by atoms with Crippen molar-refractivity contribution in [2.75, 3.05) is 13.4 Å². The third-order valence-electron chi connectivity index (χ3n) is 3.67. The lowest BCUT2D eigenvalue weighted by Gasteiger charge is -2.29. The van der Waals surface area contributed by atoms with Gasteiger partial charge in [-0.25, -0.2) is 0 Å². The highest BCUT2D eigenvalue weighted by molar-refractivity contribution is 7.86. The second kappa shape index (κ2) is 8.47. The summed E-state index contributed by atoms with van der Waals surface area (Å²) < 4.78 is 45.6. The number of aryl methyl sites for hydroxylation is 1.